The van der Waals surface area contributed by atoms with E-state index in [9.17, 15) is 9.59 Å². The van der Waals surface area contributed by atoms with Crippen LogP contribution in [0.3, 0.4) is 0 Å². The van der Waals surface area contributed by atoms with Gasteiger partial charge in [-0.25, -0.2) is 4.98 Å². The van der Waals surface area contributed by atoms with Crippen LogP contribution in [-0.2, 0) is 9.59 Å². The monoisotopic (exact) mass is 349 g/mol. The molecule has 26 heavy (non-hydrogen) atoms. The van der Waals surface area contributed by atoms with Crippen LogP contribution in [0.1, 0.15) is 17.9 Å². The lowest BCUT2D eigenvalue weighted by Crippen LogP contribution is -2.28. The summed E-state index contributed by atoms with van der Waals surface area (Å²) in [6.45, 7) is 4.17. The van der Waals surface area contributed by atoms with Crippen molar-refractivity contribution in [3.05, 3.63) is 53.9 Å². The Morgan fingerprint density at radius 1 is 1.19 bits per heavy atom. The van der Waals surface area contributed by atoms with Crippen molar-refractivity contribution in [2.24, 2.45) is 5.92 Å². The van der Waals surface area contributed by atoms with E-state index in [4.69, 9.17) is 4.42 Å². The second kappa shape index (κ2) is 6.29. The van der Waals surface area contributed by atoms with Crippen LogP contribution in [0.25, 0.3) is 11.1 Å². The Balaban J connectivity index is 1.47. The minimum Gasteiger partial charge on any atom is -0.441 e. The Hall–Kier alpha value is -3.15. The van der Waals surface area contributed by atoms with Crippen LogP contribution in [0.4, 0.5) is 11.4 Å². The fourth-order valence-electron chi connectivity index (χ4n) is 3.22. The van der Waals surface area contributed by atoms with E-state index in [1.165, 1.54) is 0 Å². The van der Waals surface area contributed by atoms with E-state index in [0.29, 0.717) is 29.2 Å². The van der Waals surface area contributed by atoms with Gasteiger partial charge < -0.3 is 14.6 Å². The Bertz CT molecular complexity index is 991. The molecule has 0 bridgehead atoms. The van der Waals surface area contributed by atoms with E-state index in [2.05, 4.69) is 10.3 Å². The lowest BCUT2D eigenvalue weighted by molar-refractivity contribution is -0.122. The lowest BCUT2D eigenvalue weighted by atomic mass is 10.1. The number of anilines is 2. The first-order valence-corrected chi connectivity index (χ1v) is 8.55. The second-order valence-electron chi connectivity index (χ2n) is 6.65. The average Bonchev–Trinajstić information content (AvgIpc) is 3.17. The molecule has 1 N–H and O–H groups in total. The van der Waals surface area contributed by atoms with Gasteiger partial charge in [-0.2, -0.15) is 0 Å². The third-order valence-corrected chi connectivity index (χ3v) is 4.60. The summed E-state index contributed by atoms with van der Waals surface area (Å²) in [7, 11) is 0. The molecule has 2 heterocycles. The molecule has 1 aliphatic rings. The number of carbonyl (C=O) groups excluding carboxylic acids is 2. The molecule has 6 nitrogen and oxygen atoms in total. The molecular formula is C20H19N3O3. The summed E-state index contributed by atoms with van der Waals surface area (Å²) < 4.78 is 5.44. The number of nitrogens with zero attached hydrogens (tertiary/aromatic N) is 2. The lowest BCUT2D eigenvalue weighted by Gasteiger charge is -2.17. The Morgan fingerprint density at radius 3 is 2.73 bits per heavy atom. The SMILES string of the molecule is Cc1ccc(N2C[C@@H](C(=O)Nc3ccc4oc(C)nc4c3)CC2=O)cc1. The van der Waals surface area contributed by atoms with Gasteiger partial charge >= 0.3 is 0 Å². The van der Waals surface area contributed by atoms with Gasteiger partial charge in [0.25, 0.3) is 0 Å². The minimum atomic E-state index is -0.376. The smallest absolute Gasteiger partial charge is 0.229 e. The van der Waals surface area contributed by atoms with Crippen LogP contribution >= 0.6 is 0 Å². The number of amides is 2. The fourth-order valence-corrected chi connectivity index (χ4v) is 3.22. The van der Waals surface area contributed by atoms with Crippen LogP contribution in [0.15, 0.2) is 46.9 Å². The molecule has 0 saturated carbocycles. The predicted molar refractivity (Wildman–Crippen MR) is 99.0 cm³/mol. The van der Waals surface area contributed by atoms with Crippen molar-refractivity contribution in [2.75, 3.05) is 16.8 Å². The summed E-state index contributed by atoms with van der Waals surface area (Å²) in [5, 5.41) is 2.89. The highest BCUT2D eigenvalue weighted by Crippen LogP contribution is 2.27. The molecule has 1 aromatic heterocycles. The number of nitrogens with one attached hydrogen (secondary N) is 1. The average molecular weight is 349 g/mol. The largest absolute Gasteiger partial charge is 0.441 e. The van der Waals surface area contributed by atoms with Crippen LogP contribution < -0.4 is 10.2 Å². The molecule has 6 heteroatoms. The molecule has 4 rings (SSSR count). The van der Waals surface area contributed by atoms with Gasteiger partial charge in [0.05, 0.1) is 5.92 Å². The quantitative estimate of drug-likeness (QED) is 0.786. The summed E-state index contributed by atoms with van der Waals surface area (Å²) in [6, 6.07) is 13.1. The number of hydrogen-bond donors (Lipinski definition) is 1. The van der Waals surface area contributed by atoms with Crippen molar-refractivity contribution < 1.29 is 14.0 Å². The predicted octanol–water partition coefficient (Wildman–Crippen LogP) is 3.44. The molecule has 0 spiro atoms. The van der Waals surface area contributed by atoms with Gasteiger partial charge in [0.15, 0.2) is 11.5 Å². The van der Waals surface area contributed by atoms with E-state index >= 15 is 0 Å². The number of rotatable bonds is 3. The maximum absolute atomic E-state index is 12.6. The van der Waals surface area contributed by atoms with Gasteiger partial charge in [0.2, 0.25) is 11.8 Å². The van der Waals surface area contributed by atoms with Gasteiger partial charge in [-0.15, -0.1) is 0 Å². The topological polar surface area (TPSA) is 75.4 Å². The number of fused-ring (bicyclic) bond motifs is 1. The van der Waals surface area contributed by atoms with Gasteiger partial charge in [-0.1, -0.05) is 17.7 Å². The molecule has 2 amide bonds. The summed E-state index contributed by atoms with van der Waals surface area (Å²) in [5.41, 5.74) is 3.99. The van der Waals surface area contributed by atoms with Crippen LogP contribution in [-0.4, -0.2) is 23.3 Å². The Kier molecular flexibility index (Phi) is 3.95. The highest BCUT2D eigenvalue weighted by Gasteiger charge is 2.35. The van der Waals surface area contributed by atoms with Crippen molar-refractivity contribution in [1.29, 1.82) is 0 Å². The maximum atomic E-state index is 12.6. The molecule has 1 aliphatic heterocycles. The maximum Gasteiger partial charge on any atom is 0.229 e. The molecular weight excluding hydrogens is 330 g/mol. The van der Waals surface area contributed by atoms with E-state index < -0.39 is 0 Å². The van der Waals surface area contributed by atoms with Crippen LogP contribution in [0.5, 0.6) is 0 Å². The summed E-state index contributed by atoms with van der Waals surface area (Å²) in [6.07, 6.45) is 0.213. The number of carbonyl (C=O) groups is 2. The molecule has 1 atom stereocenters. The van der Waals surface area contributed by atoms with Crippen molar-refractivity contribution in [1.82, 2.24) is 4.98 Å². The van der Waals surface area contributed by atoms with E-state index in [-0.39, 0.29) is 24.2 Å². The zero-order valence-corrected chi connectivity index (χ0v) is 14.7. The number of benzene rings is 2. The highest BCUT2D eigenvalue weighted by molar-refractivity contribution is 6.03. The third kappa shape index (κ3) is 3.06. The molecule has 0 unspecified atom stereocenters. The van der Waals surface area contributed by atoms with Gasteiger partial charge in [-0.05, 0) is 37.3 Å². The van der Waals surface area contributed by atoms with E-state index in [0.717, 1.165) is 11.3 Å². The van der Waals surface area contributed by atoms with Crippen molar-refractivity contribution in [3.8, 4) is 0 Å². The molecule has 1 saturated heterocycles. The molecule has 2 aromatic carbocycles. The van der Waals surface area contributed by atoms with Crippen molar-refractivity contribution >= 4 is 34.3 Å². The number of aromatic nitrogens is 1. The van der Waals surface area contributed by atoms with Gasteiger partial charge in [-0.3, -0.25) is 9.59 Å². The molecule has 1 fully saturated rings. The highest BCUT2D eigenvalue weighted by atomic mass is 16.3. The van der Waals surface area contributed by atoms with E-state index in [1.807, 2.05) is 31.2 Å². The first-order chi connectivity index (χ1) is 12.5. The first kappa shape index (κ1) is 16.3. The van der Waals surface area contributed by atoms with Crippen LogP contribution in [0.2, 0.25) is 0 Å². The standard InChI is InChI=1S/C20H19N3O3/c1-12-3-6-16(7-4-12)23-11-14(9-19(23)24)20(25)22-15-5-8-18-17(10-15)21-13(2)26-18/h3-8,10,14H,9,11H2,1-2H3,(H,22,25)/t14-/m0/s1. The molecule has 3 aromatic rings. The van der Waals surface area contributed by atoms with Gasteiger partial charge in [0, 0.05) is 31.3 Å². The second-order valence-corrected chi connectivity index (χ2v) is 6.65. The summed E-state index contributed by atoms with van der Waals surface area (Å²) in [5.74, 6) is 0.0151. The number of aryl methyl sites for hydroxylation is 2. The van der Waals surface area contributed by atoms with Crippen molar-refractivity contribution in [3.63, 3.8) is 0 Å². The zero-order valence-electron chi connectivity index (χ0n) is 14.7. The molecule has 0 radical (unpaired) electrons. The molecule has 0 aliphatic carbocycles. The summed E-state index contributed by atoms with van der Waals surface area (Å²) >= 11 is 0. The number of hydrogen-bond acceptors (Lipinski definition) is 4. The van der Waals surface area contributed by atoms with E-state index in [1.54, 1.807) is 30.0 Å². The minimum absolute atomic E-state index is 0.0309. The Morgan fingerprint density at radius 2 is 1.96 bits per heavy atom. The van der Waals surface area contributed by atoms with Gasteiger partial charge in [0.1, 0.15) is 5.52 Å². The zero-order chi connectivity index (χ0) is 18.3. The number of oxazole rings is 1. The molecule has 132 valence electrons. The normalized spacial score (nSPS) is 17.1. The first-order valence-electron chi connectivity index (χ1n) is 8.55. The Labute approximate surface area is 150 Å². The van der Waals surface area contributed by atoms with Crippen LogP contribution in [0, 0.1) is 19.8 Å². The summed E-state index contributed by atoms with van der Waals surface area (Å²) in [4.78, 5) is 30.9. The third-order valence-electron chi connectivity index (χ3n) is 4.60. The van der Waals surface area contributed by atoms with Crippen molar-refractivity contribution in [2.45, 2.75) is 20.3 Å². The fraction of sp³-hybridized carbons (Fsp3) is 0.250.